The topological polar surface area (TPSA) is 21.3 Å². The van der Waals surface area contributed by atoms with Crippen molar-refractivity contribution < 1.29 is 4.74 Å². The minimum atomic E-state index is 0.786. The van der Waals surface area contributed by atoms with E-state index >= 15 is 0 Å². The molecule has 2 nitrogen and oxygen atoms in total. The Labute approximate surface area is 118 Å². The molecule has 1 aromatic rings. The van der Waals surface area contributed by atoms with Crippen molar-refractivity contribution in [2.24, 2.45) is 11.8 Å². The van der Waals surface area contributed by atoms with Crippen molar-refractivity contribution in [1.82, 2.24) is 5.32 Å². The third-order valence-corrected chi connectivity index (χ3v) is 3.98. The van der Waals surface area contributed by atoms with Crippen molar-refractivity contribution in [3.8, 4) is 5.75 Å². The number of nitrogens with one attached hydrogen (secondary N) is 1. The minimum Gasteiger partial charge on any atom is -0.493 e. The van der Waals surface area contributed by atoms with Gasteiger partial charge < -0.3 is 10.1 Å². The molecule has 3 heteroatoms. The Balaban J connectivity index is 1.89. The molecule has 0 spiro atoms. The lowest BCUT2D eigenvalue weighted by atomic mass is 10.2. The van der Waals surface area contributed by atoms with E-state index in [9.17, 15) is 0 Å². The van der Waals surface area contributed by atoms with Crippen LogP contribution < -0.4 is 10.1 Å². The molecular weight excluding hydrogens is 290 g/mol. The van der Waals surface area contributed by atoms with Gasteiger partial charge in [-0.1, -0.05) is 29.8 Å². The molecule has 1 N–H and O–H groups in total. The van der Waals surface area contributed by atoms with Gasteiger partial charge in [0.1, 0.15) is 5.75 Å². The zero-order chi connectivity index (χ0) is 13.0. The van der Waals surface area contributed by atoms with Gasteiger partial charge in [-0.25, -0.2) is 0 Å². The highest BCUT2D eigenvalue weighted by atomic mass is 79.9. The molecule has 0 aromatic heterocycles. The van der Waals surface area contributed by atoms with E-state index in [1.165, 1.54) is 12.0 Å². The summed E-state index contributed by atoms with van der Waals surface area (Å²) in [6.45, 7) is 7.25. The van der Waals surface area contributed by atoms with E-state index in [0.29, 0.717) is 0 Å². The first-order valence-electron chi connectivity index (χ1n) is 6.82. The molecule has 1 aromatic carbocycles. The van der Waals surface area contributed by atoms with Crippen LogP contribution >= 0.6 is 15.9 Å². The van der Waals surface area contributed by atoms with Crippen molar-refractivity contribution >= 4 is 15.9 Å². The Hall–Kier alpha value is -0.540. The zero-order valence-electron chi connectivity index (χ0n) is 11.2. The fourth-order valence-electron chi connectivity index (χ4n) is 2.11. The predicted molar refractivity (Wildman–Crippen MR) is 78.9 cm³/mol. The fraction of sp³-hybridized carbons (Fsp3) is 0.600. The summed E-state index contributed by atoms with van der Waals surface area (Å²) in [5.74, 6) is 2.81. The van der Waals surface area contributed by atoms with Crippen molar-refractivity contribution in [1.29, 1.82) is 0 Å². The summed E-state index contributed by atoms with van der Waals surface area (Å²) in [4.78, 5) is 0. The van der Waals surface area contributed by atoms with E-state index in [1.54, 1.807) is 0 Å². The molecule has 2 rings (SSSR count). The molecule has 1 saturated carbocycles. The summed E-state index contributed by atoms with van der Waals surface area (Å²) in [6.07, 6.45) is 2.42. The number of hydrogen-bond donors (Lipinski definition) is 1. The molecule has 0 aliphatic heterocycles. The van der Waals surface area contributed by atoms with Gasteiger partial charge in [0.25, 0.3) is 0 Å². The Kier molecular flexibility index (Phi) is 5.07. The molecule has 1 fully saturated rings. The van der Waals surface area contributed by atoms with Gasteiger partial charge in [0, 0.05) is 16.6 Å². The van der Waals surface area contributed by atoms with E-state index in [2.05, 4.69) is 47.2 Å². The number of benzene rings is 1. The largest absolute Gasteiger partial charge is 0.493 e. The van der Waals surface area contributed by atoms with Crippen LogP contribution in [0.3, 0.4) is 0 Å². The predicted octanol–water partition coefficient (Wildman–Crippen LogP) is 3.98. The van der Waals surface area contributed by atoms with Crippen LogP contribution in [0.25, 0.3) is 0 Å². The second-order valence-electron chi connectivity index (χ2n) is 5.20. The Morgan fingerprint density at radius 2 is 2.22 bits per heavy atom. The summed E-state index contributed by atoms with van der Waals surface area (Å²) in [5, 5.41) is 3.54. The summed E-state index contributed by atoms with van der Waals surface area (Å²) in [7, 11) is 0. The molecule has 1 aliphatic rings. The normalized spacial score (nSPS) is 21.9. The van der Waals surface area contributed by atoms with Gasteiger partial charge in [-0.05, 0) is 49.4 Å². The van der Waals surface area contributed by atoms with Crippen LogP contribution in [0, 0.1) is 11.8 Å². The maximum absolute atomic E-state index is 5.77. The molecule has 18 heavy (non-hydrogen) atoms. The Morgan fingerprint density at radius 3 is 2.89 bits per heavy atom. The molecule has 2 atom stereocenters. The molecular formula is C15H22BrNO. The van der Waals surface area contributed by atoms with Gasteiger partial charge >= 0.3 is 0 Å². The number of halogens is 1. The third kappa shape index (κ3) is 3.99. The Bertz CT molecular complexity index is 394. The van der Waals surface area contributed by atoms with Crippen LogP contribution in [0.2, 0.25) is 0 Å². The third-order valence-electron chi connectivity index (χ3n) is 3.48. The van der Waals surface area contributed by atoms with Crippen LogP contribution in [0.5, 0.6) is 5.75 Å². The van der Waals surface area contributed by atoms with E-state index in [4.69, 9.17) is 4.74 Å². The smallest absolute Gasteiger partial charge is 0.123 e. The van der Waals surface area contributed by atoms with Gasteiger partial charge in [0.05, 0.1) is 6.61 Å². The van der Waals surface area contributed by atoms with Gasteiger partial charge in [0.15, 0.2) is 0 Å². The van der Waals surface area contributed by atoms with Gasteiger partial charge in [-0.3, -0.25) is 0 Å². The second kappa shape index (κ2) is 6.58. The maximum Gasteiger partial charge on any atom is 0.123 e. The summed E-state index contributed by atoms with van der Waals surface area (Å²) in [5.41, 5.74) is 1.24. The fourth-order valence-corrected chi connectivity index (χ4v) is 2.52. The van der Waals surface area contributed by atoms with E-state index in [0.717, 1.165) is 48.2 Å². The first-order valence-corrected chi connectivity index (χ1v) is 7.62. The summed E-state index contributed by atoms with van der Waals surface area (Å²) >= 11 is 3.52. The van der Waals surface area contributed by atoms with Crippen LogP contribution in [-0.2, 0) is 6.54 Å². The molecule has 0 amide bonds. The number of ether oxygens (including phenoxy) is 1. The standard InChI is InChI=1S/C15H22BrNO/c1-3-6-18-15-5-4-14(16)8-13(15)10-17-9-12-7-11(12)2/h4-5,8,11-12,17H,3,6-7,9-10H2,1-2H3. The molecule has 0 bridgehead atoms. The SMILES string of the molecule is CCCOc1ccc(Br)cc1CNCC1CC1C. The highest BCUT2D eigenvalue weighted by Gasteiger charge is 2.31. The van der Waals surface area contributed by atoms with Crippen LogP contribution in [0.1, 0.15) is 32.3 Å². The average molecular weight is 312 g/mol. The van der Waals surface area contributed by atoms with Gasteiger partial charge in [-0.15, -0.1) is 0 Å². The summed E-state index contributed by atoms with van der Waals surface area (Å²) in [6, 6.07) is 6.24. The van der Waals surface area contributed by atoms with Crippen LogP contribution in [0.4, 0.5) is 0 Å². The first-order chi connectivity index (χ1) is 8.70. The maximum atomic E-state index is 5.77. The van der Waals surface area contributed by atoms with Crippen molar-refractivity contribution in [2.45, 2.75) is 33.2 Å². The quantitative estimate of drug-likeness (QED) is 0.822. The Morgan fingerprint density at radius 1 is 1.44 bits per heavy atom. The molecule has 2 unspecified atom stereocenters. The molecule has 0 heterocycles. The molecule has 0 saturated heterocycles. The summed E-state index contributed by atoms with van der Waals surface area (Å²) < 4.78 is 6.89. The van der Waals surface area contributed by atoms with E-state index in [-0.39, 0.29) is 0 Å². The van der Waals surface area contributed by atoms with Gasteiger partial charge in [-0.2, -0.15) is 0 Å². The number of hydrogen-bond acceptors (Lipinski definition) is 2. The lowest BCUT2D eigenvalue weighted by Crippen LogP contribution is -2.17. The highest BCUT2D eigenvalue weighted by Crippen LogP contribution is 2.36. The number of rotatable bonds is 7. The molecule has 100 valence electrons. The monoisotopic (exact) mass is 311 g/mol. The van der Waals surface area contributed by atoms with Crippen LogP contribution in [0.15, 0.2) is 22.7 Å². The molecule has 1 aliphatic carbocycles. The van der Waals surface area contributed by atoms with Crippen molar-refractivity contribution in [3.05, 3.63) is 28.2 Å². The minimum absolute atomic E-state index is 0.786. The van der Waals surface area contributed by atoms with Gasteiger partial charge in [0.2, 0.25) is 0 Å². The van der Waals surface area contributed by atoms with Crippen molar-refractivity contribution in [3.63, 3.8) is 0 Å². The van der Waals surface area contributed by atoms with Crippen molar-refractivity contribution in [2.75, 3.05) is 13.2 Å². The average Bonchev–Trinajstić information content (AvgIpc) is 3.04. The van der Waals surface area contributed by atoms with E-state index in [1.807, 2.05) is 6.07 Å². The van der Waals surface area contributed by atoms with Crippen LogP contribution in [-0.4, -0.2) is 13.2 Å². The zero-order valence-corrected chi connectivity index (χ0v) is 12.8. The second-order valence-corrected chi connectivity index (χ2v) is 6.12. The lowest BCUT2D eigenvalue weighted by molar-refractivity contribution is 0.313. The molecule has 0 radical (unpaired) electrons. The first kappa shape index (κ1) is 13.9. The highest BCUT2D eigenvalue weighted by molar-refractivity contribution is 9.10. The van der Waals surface area contributed by atoms with E-state index < -0.39 is 0 Å². The lowest BCUT2D eigenvalue weighted by Gasteiger charge is -2.12.